The molecule has 0 spiro atoms. The number of anilines is 1. The number of benzene rings is 2. The Balaban J connectivity index is 1.98. The quantitative estimate of drug-likeness (QED) is 0.647. The number of carbonyl (C=O) groups is 1. The Kier molecular flexibility index (Phi) is 5.72. The molecule has 0 aliphatic carbocycles. The lowest BCUT2D eigenvalue weighted by Gasteiger charge is -2.11. The summed E-state index contributed by atoms with van der Waals surface area (Å²) >= 11 is 0. The maximum Gasteiger partial charge on any atom is 0.349 e. The minimum absolute atomic E-state index is 0.00269. The third-order valence-corrected chi connectivity index (χ3v) is 4.68. The van der Waals surface area contributed by atoms with Crippen molar-refractivity contribution in [2.45, 2.75) is 39.7 Å². The van der Waals surface area contributed by atoms with Gasteiger partial charge in [-0.05, 0) is 47.7 Å². The first-order chi connectivity index (χ1) is 13.1. The number of fused-ring (bicyclic) bond motifs is 1. The third-order valence-electron chi connectivity index (χ3n) is 4.68. The van der Waals surface area contributed by atoms with Crippen molar-refractivity contribution in [3.8, 4) is 0 Å². The Hall–Kier alpha value is -2.92. The van der Waals surface area contributed by atoms with Gasteiger partial charge in [-0.1, -0.05) is 44.5 Å². The van der Waals surface area contributed by atoms with E-state index >= 15 is 0 Å². The third kappa shape index (κ3) is 3.93. The lowest BCUT2D eigenvalue weighted by molar-refractivity contribution is 0.102. The molecule has 0 aliphatic heterocycles. The first-order valence-corrected chi connectivity index (χ1v) is 9.26. The number of hydrogen-bond acceptors (Lipinski definition) is 4. The van der Waals surface area contributed by atoms with Crippen LogP contribution in [0.15, 0.2) is 51.7 Å². The highest BCUT2D eigenvalue weighted by Gasteiger charge is 2.16. The Labute approximate surface area is 158 Å². The van der Waals surface area contributed by atoms with Gasteiger partial charge in [0.05, 0.1) is 0 Å². The number of rotatable bonds is 6. The molecule has 0 saturated carbocycles. The number of aryl methyl sites for hydroxylation is 2. The van der Waals surface area contributed by atoms with Crippen molar-refractivity contribution in [3.05, 3.63) is 75.1 Å². The van der Waals surface area contributed by atoms with Crippen molar-refractivity contribution in [2.75, 3.05) is 5.32 Å². The van der Waals surface area contributed by atoms with Gasteiger partial charge in [0.25, 0.3) is 5.91 Å². The summed E-state index contributed by atoms with van der Waals surface area (Å²) in [5.74, 6) is -0.484. The topological polar surface area (TPSA) is 85.3 Å². The zero-order chi connectivity index (χ0) is 19.4. The second-order valence-corrected chi connectivity index (χ2v) is 6.53. The van der Waals surface area contributed by atoms with Gasteiger partial charge in [-0.25, -0.2) is 4.79 Å². The SMILES string of the molecule is CCCc1c(CC)ccc2cc(C(=O)Nc3ccc(CN)cc3)c(=O)oc12. The van der Waals surface area contributed by atoms with Gasteiger partial charge in [-0.15, -0.1) is 0 Å². The summed E-state index contributed by atoms with van der Waals surface area (Å²) in [5.41, 5.74) is 9.34. The molecule has 1 amide bonds. The summed E-state index contributed by atoms with van der Waals surface area (Å²) in [4.78, 5) is 25.0. The molecular weight excluding hydrogens is 340 g/mol. The van der Waals surface area contributed by atoms with Gasteiger partial charge in [0, 0.05) is 17.6 Å². The van der Waals surface area contributed by atoms with E-state index in [2.05, 4.69) is 19.2 Å². The van der Waals surface area contributed by atoms with Crippen molar-refractivity contribution in [3.63, 3.8) is 0 Å². The van der Waals surface area contributed by atoms with E-state index in [9.17, 15) is 9.59 Å². The minimum Gasteiger partial charge on any atom is -0.422 e. The van der Waals surface area contributed by atoms with Crippen LogP contribution in [-0.2, 0) is 19.4 Å². The Morgan fingerprint density at radius 2 is 1.85 bits per heavy atom. The largest absolute Gasteiger partial charge is 0.422 e. The minimum atomic E-state index is -0.621. The number of carbonyl (C=O) groups excluding carboxylic acids is 1. The summed E-state index contributed by atoms with van der Waals surface area (Å²) in [5, 5.41) is 3.50. The number of amides is 1. The Morgan fingerprint density at radius 1 is 1.11 bits per heavy atom. The highest BCUT2D eigenvalue weighted by molar-refractivity contribution is 6.05. The van der Waals surface area contributed by atoms with Gasteiger partial charge >= 0.3 is 5.63 Å². The number of hydrogen-bond donors (Lipinski definition) is 2. The van der Waals surface area contributed by atoms with Gasteiger partial charge in [-0.2, -0.15) is 0 Å². The molecule has 3 N–H and O–H groups in total. The van der Waals surface area contributed by atoms with Crippen molar-refractivity contribution < 1.29 is 9.21 Å². The van der Waals surface area contributed by atoms with E-state index in [0.29, 0.717) is 17.8 Å². The molecule has 1 aromatic heterocycles. The van der Waals surface area contributed by atoms with E-state index in [-0.39, 0.29) is 5.56 Å². The van der Waals surface area contributed by atoms with Crippen LogP contribution in [0.5, 0.6) is 0 Å². The van der Waals surface area contributed by atoms with Gasteiger partial charge in [-0.3, -0.25) is 4.79 Å². The lowest BCUT2D eigenvalue weighted by atomic mass is 9.98. The highest BCUT2D eigenvalue weighted by atomic mass is 16.4. The summed E-state index contributed by atoms with van der Waals surface area (Å²) < 4.78 is 5.58. The summed E-state index contributed by atoms with van der Waals surface area (Å²) in [7, 11) is 0. The first kappa shape index (κ1) is 18.9. The molecule has 0 unspecified atom stereocenters. The van der Waals surface area contributed by atoms with E-state index in [1.807, 2.05) is 24.3 Å². The van der Waals surface area contributed by atoms with Crippen LogP contribution < -0.4 is 16.7 Å². The van der Waals surface area contributed by atoms with Crippen molar-refractivity contribution in [1.82, 2.24) is 0 Å². The van der Waals surface area contributed by atoms with Crippen molar-refractivity contribution in [1.29, 1.82) is 0 Å². The molecule has 5 nitrogen and oxygen atoms in total. The zero-order valence-corrected chi connectivity index (χ0v) is 15.7. The average Bonchev–Trinajstić information content (AvgIpc) is 2.68. The second-order valence-electron chi connectivity index (χ2n) is 6.53. The fourth-order valence-corrected chi connectivity index (χ4v) is 3.22. The van der Waals surface area contributed by atoms with E-state index < -0.39 is 11.5 Å². The van der Waals surface area contributed by atoms with Crippen LogP contribution in [0.25, 0.3) is 11.0 Å². The van der Waals surface area contributed by atoms with Crippen LogP contribution in [0.2, 0.25) is 0 Å². The van der Waals surface area contributed by atoms with E-state index in [0.717, 1.165) is 35.8 Å². The monoisotopic (exact) mass is 364 g/mol. The van der Waals surface area contributed by atoms with Crippen molar-refractivity contribution in [2.24, 2.45) is 5.73 Å². The van der Waals surface area contributed by atoms with Crippen molar-refractivity contribution >= 4 is 22.6 Å². The number of nitrogens with two attached hydrogens (primary N) is 1. The molecule has 0 bridgehead atoms. The Morgan fingerprint density at radius 3 is 2.48 bits per heavy atom. The van der Waals surface area contributed by atoms with E-state index in [1.165, 1.54) is 5.56 Å². The standard InChI is InChI=1S/C22H24N2O3/c1-3-5-18-15(4-2)8-9-16-12-19(22(26)27-20(16)18)21(25)24-17-10-6-14(13-23)7-11-17/h6-12H,3-5,13,23H2,1-2H3,(H,24,25). The fraction of sp³-hybridized carbons (Fsp3) is 0.273. The molecule has 0 atom stereocenters. The van der Waals surface area contributed by atoms with Crippen LogP contribution in [0.1, 0.15) is 47.3 Å². The molecular formula is C22H24N2O3. The molecule has 140 valence electrons. The summed E-state index contributed by atoms with van der Waals surface area (Å²) in [6.07, 6.45) is 2.66. The summed E-state index contributed by atoms with van der Waals surface area (Å²) in [6, 6.07) is 12.8. The van der Waals surface area contributed by atoms with Crippen LogP contribution in [-0.4, -0.2) is 5.91 Å². The second kappa shape index (κ2) is 8.18. The van der Waals surface area contributed by atoms with Crippen LogP contribution in [0.3, 0.4) is 0 Å². The molecule has 0 aliphatic rings. The summed E-state index contributed by atoms with van der Waals surface area (Å²) in [6.45, 7) is 4.60. The molecule has 3 rings (SSSR count). The Bertz CT molecular complexity index is 1020. The predicted octanol–water partition coefficient (Wildman–Crippen LogP) is 4.02. The normalized spacial score (nSPS) is 10.9. The van der Waals surface area contributed by atoms with Crippen LogP contribution in [0, 0.1) is 0 Å². The van der Waals surface area contributed by atoms with Gasteiger partial charge in [0.2, 0.25) is 0 Å². The molecule has 0 radical (unpaired) electrons. The lowest BCUT2D eigenvalue weighted by Crippen LogP contribution is -2.21. The van der Waals surface area contributed by atoms with Gasteiger partial charge in [0.1, 0.15) is 11.1 Å². The fourth-order valence-electron chi connectivity index (χ4n) is 3.22. The number of nitrogens with one attached hydrogen (secondary N) is 1. The first-order valence-electron chi connectivity index (χ1n) is 9.26. The van der Waals surface area contributed by atoms with E-state index in [1.54, 1.807) is 18.2 Å². The van der Waals surface area contributed by atoms with Crippen LogP contribution in [0.4, 0.5) is 5.69 Å². The maximum atomic E-state index is 12.6. The smallest absolute Gasteiger partial charge is 0.349 e. The molecule has 27 heavy (non-hydrogen) atoms. The average molecular weight is 364 g/mol. The molecule has 2 aromatic carbocycles. The predicted molar refractivity (Wildman–Crippen MR) is 108 cm³/mol. The molecule has 1 heterocycles. The van der Waals surface area contributed by atoms with E-state index in [4.69, 9.17) is 10.2 Å². The molecule has 5 heteroatoms. The molecule has 0 fully saturated rings. The van der Waals surface area contributed by atoms with Gasteiger partial charge < -0.3 is 15.5 Å². The molecule has 3 aromatic rings. The molecule has 0 saturated heterocycles. The van der Waals surface area contributed by atoms with Crippen LogP contribution >= 0.6 is 0 Å². The maximum absolute atomic E-state index is 12.6. The van der Waals surface area contributed by atoms with Gasteiger partial charge in [0.15, 0.2) is 0 Å². The zero-order valence-electron chi connectivity index (χ0n) is 15.7. The highest BCUT2D eigenvalue weighted by Crippen LogP contribution is 2.24.